The van der Waals surface area contributed by atoms with E-state index in [-0.39, 0.29) is 17.9 Å². The van der Waals surface area contributed by atoms with Crippen LogP contribution in [0, 0.1) is 5.92 Å². The molecule has 0 heterocycles. The highest BCUT2D eigenvalue weighted by Gasteiger charge is 2.47. The Kier molecular flexibility index (Phi) is 4.82. The second kappa shape index (κ2) is 6.12. The number of likely N-dealkylation sites (N-methyl/N-ethyl adjacent to an activating group) is 1. The summed E-state index contributed by atoms with van der Waals surface area (Å²) in [6, 6.07) is 0.0607. The van der Waals surface area contributed by atoms with Crippen LogP contribution in [0.5, 0.6) is 0 Å². The number of primary amides is 1. The molecule has 0 aromatic carbocycles. The summed E-state index contributed by atoms with van der Waals surface area (Å²) < 4.78 is 37.8. The Hall–Kier alpha value is -0.820. The molecule has 122 valence electrons. The third-order valence-corrected chi connectivity index (χ3v) is 4.92. The lowest BCUT2D eigenvalue weighted by Crippen LogP contribution is -2.57. The smallest absolute Gasteiger partial charge is 0.368 e. The van der Waals surface area contributed by atoms with E-state index in [1.807, 2.05) is 0 Å². The minimum absolute atomic E-state index is 0.0227. The fourth-order valence-electron chi connectivity index (χ4n) is 3.63. The molecule has 0 aromatic rings. The first-order valence-corrected chi connectivity index (χ1v) is 7.58. The Morgan fingerprint density at radius 3 is 2.52 bits per heavy atom. The van der Waals surface area contributed by atoms with E-state index in [9.17, 15) is 18.0 Å². The first kappa shape index (κ1) is 16.5. The molecule has 3 N–H and O–H groups in total. The van der Waals surface area contributed by atoms with Crippen LogP contribution in [0.15, 0.2) is 0 Å². The Morgan fingerprint density at radius 2 is 2.05 bits per heavy atom. The molecular weight excluding hydrogens is 283 g/mol. The molecule has 7 heteroatoms. The van der Waals surface area contributed by atoms with Gasteiger partial charge in [-0.1, -0.05) is 6.42 Å². The molecule has 2 rings (SSSR count). The fraction of sp³-hybridized carbons (Fsp3) is 0.929. The molecule has 2 aliphatic carbocycles. The van der Waals surface area contributed by atoms with Crippen LogP contribution in [0.3, 0.4) is 0 Å². The van der Waals surface area contributed by atoms with E-state index in [4.69, 9.17) is 5.73 Å². The summed E-state index contributed by atoms with van der Waals surface area (Å²) in [6.45, 7) is -0.473. The number of hydrogen-bond donors (Lipinski definition) is 2. The average Bonchev–Trinajstić information content (AvgIpc) is 3.13. The molecule has 2 unspecified atom stereocenters. The summed E-state index contributed by atoms with van der Waals surface area (Å²) in [5.74, 6) is -0.365. The molecule has 0 aromatic heterocycles. The van der Waals surface area contributed by atoms with Crippen LogP contribution in [0.4, 0.5) is 13.2 Å². The second-order valence-corrected chi connectivity index (χ2v) is 6.28. The third kappa shape index (κ3) is 3.88. The Labute approximate surface area is 123 Å². The summed E-state index contributed by atoms with van der Waals surface area (Å²) in [5.41, 5.74) is 4.78. The third-order valence-electron chi connectivity index (χ3n) is 4.92. The number of nitrogens with zero attached hydrogens (tertiary/aromatic N) is 1. The van der Waals surface area contributed by atoms with Gasteiger partial charge in [-0.3, -0.25) is 9.69 Å². The maximum Gasteiger partial charge on any atom is 0.401 e. The lowest BCUT2D eigenvalue weighted by atomic mass is 9.84. The molecule has 4 nitrogen and oxygen atoms in total. The SMILES string of the molecule is CNC1(C(N)=O)CCCC1CCN(CC(F)(F)F)C1CC1. The molecule has 2 atom stereocenters. The minimum atomic E-state index is -4.16. The number of carbonyl (C=O) groups excluding carboxylic acids is 1. The Balaban J connectivity index is 1.95. The maximum absolute atomic E-state index is 12.6. The minimum Gasteiger partial charge on any atom is -0.368 e. The molecule has 2 fully saturated rings. The summed E-state index contributed by atoms with van der Waals surface area (Å²) in [4.78, 5) is 13.3. The van der Waals surface area contributed by atoms with Crippen LogP contribution in [0.2, 0.25) is 0 Å². The van der Waals surface area contributed by atoms with Crippen molar-refractivity contribution in [3.05, 3.63) is 0 Å². The zero-order chi connectivity index (χ0) is 15.7. The lowest BCUT2D eigenvalue weighted by molar-refractivity contribution is -0.148. The largest absolute Gasteiger partial charge is 0.401 e. The van der Waals surface area contributed by atoms with Gasteiger partial charge in [-0.15, -0.1) is 0 Å². The van der Waals surface area contributed by atoms with Gasteiger partial charge in [0.05, 0.1) is 6.54 Å². The second-order valence-electron chi connectivity index (χ2n) is 6.28. The standard InChI is InChI=1S/C14H24F3N3O/c1-19-13(12(18)21)7-2-3-10(13)6-8-20(11-4-5-11)9-14(15,16)17/h10-11,19H,2-9H2,1H3,(H2,18,21). The van der Waals surface area contributed by atoms with E-state index in [1.54, 1.807) is 7.05 Å². The number of carbonyl (C=O) groups is 1. The predicted molar refractivity (Wildman–Crippen MR) is 73.6 cm³/mol. The zero-order valence-corrected chi connectivity index (χ0v) is 12.4. The summed E-state index contributed by atoms with van der Waals surface area (Å²) in [5, 5.41) is 3.03. The van der Waals surface area contributed by atoms with Gasteiger partial charge in [0.2, 0.25) is 5.91 Å². The maximum atomic E-state index is 12.6. The van der Waals surface area contributed by atoms with Crippen molar-refractivity contribution in [2.45, 2.75) is 56.3 Å². The van der Waals surface area contributed by atoms with E-state index in [0.29, 0.717) is 19.4 Å². The highest BCUT2D eigenvalue weighted by molar-refractivity contribution is 5.85. The van der Waals surface area contributed by atoms with Crippen LogP contribution in [0.25, 0.3) is 0 Å². The van der Waals surface area contributed by atoms with Gasteiger partial charge >= 0.3 is 6.18 Å². The van der Waals surface area contributed by atoms with Gasteiger partial charge in [-0.25, -0.2) is 0 Å². The highest BCUT2D eigenvalue weighted by atomic mass is 19.4. The van der Waals surface area contributed by atoms with Crippen molar-refractivity contribution in [1.29, 1.82) is 0 Å². The van der Waals surface area contributed by atoms with E-state index < -0.39 is 18.3 Å². The molecule has 0 aliphatic heterocycles. The van der Waals surface area contributed by atoms with Crippen molar-refractivity contribution < 1.29 is 18.0 Å². The van der Waals surface area contributed by atoms with E-state index in [1.165, 1.54) is 4.90 Å². The van der Waals surface area contributed by atoms with Crippen LogP contribution >= 0.6 is 0 Å². The van der Waals surface area contributed by atoms with Gasteiger partial charge in [0, 0.05) is 6.04 Å². The summed E-state index contributed by atoms with van der Waals surface area (Å²) in [7, 11) is 1.71. The molecule has 1 amide bonds. The number of hydrogen-bond acceptors (Lipinski definition) is 3. The molecule has 0 saturated heterocycles. The van der Waals surface area contributed by atoms with Crippen molar-refractivity contribution in [2.24, 2.45) is 11.7 Å². The van der Waals surface area contributed by atoms with Gasteiger partial charge < -0.3 is 11.1 Å². The van der Waals surface area contributed by atoms with Crippen LogP contribution in [0.1, 0.15) is 38.5 Å². The van der Waals surface area contributed by atoms with Crippen molar-refractivity contribution >= 4 is 5.91 Å². The van der Waals surface area contributed by atoms with Gasteiger partial charge in [0.25, 0.3) is 0 Å². The Bertz CT molecular complexity index is 384. The molecule has 0 spiro atoms. The number of nitrogens with two attached hydrogens (primary N) is 1. The number of amides is 1. The van der Waals surface area contributed by atoms with Gasteiger partial charge in [0.15, 0.2) is 0 Å². The molecule has 2 saturated carbocycles. The summed E-state index contributed by atoms with van der Waals surface area (Å²) in [6.07, 6.45) is 0.498. The Morgan fingerprint density at radius 1 is 1.38 bits per heavy atom. The normalized spacial score (nSPS) is 30.0. The van der Waals surface area contributed by atoms with Crippen molar-refractivity contribution in [3.8, 4) is 0 Å². The predicted octanol–water partition coefficient (Wildman–Crippen LogP) is 1.65. The van der Waals surface area contributed by atoms with E-state index in [0.717, 1.165) is 25.7 Å². The molecule has 2 aliphatic rings. The van der Waals surface area contributed by atoms with Gasteiger partial charge in [-0.2, -0.15) is 13.2 Å². The first-order valence-electron chi connectivity index (χ1n) is 7.58. The van der Waals surface area contributed by atoms with Crippen LogP contribution in [-0.2, 0) is 4.79 Å². The molecule has 21 heavy (non-hydrogen) atoms. The fourth-order valence-corrected chi connectivity index (χ4v) is 3.63. The average molecular weight is 307 g/mol. The highest BCUT2D eigenvalue weighted by Crippen LogP contribution is 2.39. The van der Waals surface area contributed by atoms with Gasteiger partial charge in [-0.05, 0) is 51.6 Å². The first-order chi connectivity index (χ1) is 9.78. The van der Waals surface area contributed by atoms with E-state index >= 15 is 0 Å². The zero-order valence-electron chi connectivity index (χ0n) is 12.4. The van der Waals surface area contributed by atoms with Crippen LogP contribution < -0.4 is 11.1 Å². The number of nitrogens with one attached hydrogen (secondary N) is 1. The van der Waals surface area contributed by atoms with Gasteiger partial charge in [0.1, 0.15) is 5.54 Å². The van der Waals surface area contributed by atoms with Crippen molar-refractivity contribution in [1.82, 2.24) is 10.2 Å². The van der Waals surface area contributed by atoms with Crippen LogP contribution in [-0.4, -0.2) is 48.7 Å². The lowest BCUT2D eigenvalue weighted by Gasteiger charge is -2.34. The number of alkyl halides is 3. The number of rotatable bonds is 7. The summed E-state index contributed by atoms with van der Waals surface area (Å²) >= 11 is 0. The van der Waals surface area contributed by atoms with E-state index in [2.05, 4.69) is 5.32 Å². The van der Waals surface area contributed by atoms with Crippen molar-refractivity contribution in [3.63, 3.8) is 0 Å². The monoisotopic (exact) mass is 307 g/mol. The van der Waals surface area contributed by atoms with Crippen molar-refractivity contribution in [2.75, 3.05) is 20.1 Å². The molecule has 0 bridgehead atoms. The topological polar surface area (TPSA) is 58.4 Å². The molecular formula is C14H24F3N3O. The quantitative estimate of drug-likeness (QED) is 0.752. The number of halogens is 3. The molecule has 0 radical (unpaired) electrons.